The van der Waals surface area contributed by atoms with Gasteiger partial charge < -0.3 is 9.26 Å². The van der Waals surface area contributed by atoms with Crippen molar-refractivity contribution in [3.63, 3.8) is 0 Å². The number of nitrogens with one attached hydrogen (secondary N) is 1. The molecule has 2 heterocycles. The summed E-state index contributed by atoms with van der Waals surface area (Å²) in [6, 6.07) is 0. The van der Waals surface area contributed by atoms with E-state index in [1.54, 1.807) is 6.92 Å². The SMILES string of the molecule is CCPOCC1CCC(C(C)C2C=C(C)C(=O)NC(=O)C2)O1. The van der Waals surface area contributed by atoms with E-state index in [0.29, 0.717) is 27.4 Å². The molecule has 6 heteroatoms. The summed E-state index contributed by atoms with van der Waals surface area (Å²) in [5, 5.41) is 2.40. The summed E-state index contributed by atoms with van der Waals surface area (Å²) in [5.41, 5.74) is 0.615. The fourth-order valence-corrected chi connectivity index (χ4v) is 3.56. The molecule has 5 nitrogen and oxygen atoms in total. The first-order chi connectivity index (χ1) is 10.5. The van der Waals surface area contributed by atoms with Crippen molar-refractivity contribution in [3.05, 3.63) is 11.6 Å². The van der Waals surface area contributed by atoms with Crippen LogP contribution in [0.4, 0.5) is 0 Å². The standard InChI is InChI=1S/C16H26NO4P/c1-4-22-20-9-13-5-6-14(21-13)11(3)12-7-10(2)16(19)17-15(18)8-12/h7,11-14,22H,4-6,8-9H2,1-3H3,(H,17,18,19). The minimum atomic E-state index is -0.279. The van der Waals surface area contributed by atoms with Crippen LogP contribution in [0.2, 0.25) is 0 Å². The highest BCUT2D eigenvalue weighted by atomic mass is 31.1. The van der Waals surface area contributed by atoms with Crippen molar-refractivity contribution >= 4 is 20.6 Å². The lowest BCUT2D eigenvalue weighted by Crippen LogP contribution is -2.31. The zero-order valence-electron chi connectivity index (χ0n) is 13.6. The van der Waals surface area contributed by atoms with Crippen LogP contribution in [-0.2, 0) is 18.8 Å². The number of ether oxygens (including phenoxy) is 1. The summed E-state index contributed by atoms with van der Waals surface area (Å²) in [6.07, 6.45) is 5.61. The average Bonchev–Trinajstić information content (AvgIpc) is 2.89. The van der Waals surface area contributed by atoms with E-state index in [0.717, 1.165) is 19.0 Å². The Bertz CT molecular complexity index is 451. The molecule has 0 aromatic rings. The van der Waals surface area contributed by atoms with E-state index in [9.17, 15) is 9.59 Å². The first-order valence-corrected chi connectivity index (χ1v) is 9.15. The average molecular weight is 327 g/mol. The summed E-state index contributed by atoms with van der Waals surface area (Å²) in [4.78, 5) is 23.4. The van der Waals surface area contributed by atoms with Gasteiger partial charge in [0.1, 0.15) is 0 Å². The topological polar surface area (TPSA) is 64.6 Å². The second kappa shape index (κ2) is 8.19. The van der Waals surface area contributed by atoms with Gasteiger partial charge in [-0.15, -0.1) is 0 Å². The molecule has 2 aliphatic heterocycles. The molecule has 0 spiro atoms. The van der Waals surface area contributed by atoms with E-state index in [1.807, 2.05) is 6.08 Å². The maximum absolute atomic E-state index is 11.8. The Balaban J connectivity index is 1.92. The Labute approximate surface area is 134 Å². The van der Waals surface area contributed by atoms with Gasteiger partial charge in [0.25, 0.3) is 5.91 Å². The fraction of sp³-hybridized carbons (Fsp3) is 0.750. The van der Waals surface area contributed by atoms with Crippen molar-refractivity contribution in [2.45, 2.75) is 52.2 Å². The molecule has 1 N–H and O–H groups in total. The molecule has 1 saturated heterocycles. The van der Waals surface area contributed by atoms with Gasteiger partial charge in [-0.05, 0) is 37.8 Å². The van der Waals surface area contributed by atoms with Crippen molar-refractivity contribution < 1.29 is 18.8 Å². The zero-order valence-corrected chi connectivity index (χ0v) is 14.6. The van der Waals surface area contributed by atoms with Gasteiger partial charge in [0.15, 0.2) is 0 Å². The molecule has 5 atom stereocenters. The van der Waals surface area contributed by atoms with Gasteiger partial charge in [-0.1, -0.05) is 19.9 Å². The van der Waals surface area contributed by atoms with Crippen LogP contribution in [-0.4, -0.2) is 36.8 Å². The van der Waals surface area contributed by atoms with E-state index in [4.69, 9.17) is 9.26 Å². The van der Waals surface area contributed by atoms with Gasteiger partial charge in [0, 0.05) is 20.8 Å². The number of carbonyl (C=O) groups excluding carboxylic acids is 2. The van der Waals surface area contributed by atoms with Gasteiger partial charge in [-0.2, -0.15) is 0 Å². The highest BCUT2D eigenvalue weighted by molar-refractivity contribution is 7.32. The second-order valence-electron chi connectivity index (χ2n) is 6.14. The number of rotatable bonds is 6. The van der Waals surface area contributed by atoms with E-state index < -0.39 is 0 Å². The van der Waals surface area contributed by atoms with Gasteiger partial charge in [-0.3, -0.25) is 14.9 Å². The Morgan fingerprint density at radius 2 is 2.23 bits per heavy atom. The Morgan fingerprint density at radius 3 is 2.95 bits per heavy atom. The molecule has 0 radical (unpaired) electrons. The van der Waals surface area contributed by atoms with Gasteiger partial charge in [-0.25, -0.2) is 0 Å². The van der Waals surface area contributed by atoms with E-state index >= 15 is 0 Å². The van der Waals surface area contributed by atoms with E-state index in [2.05, 4.69) is 19.2 Å². The molecule has 1 fully saturated rings. The second-order valence-corrected chi connectivity index (χ2v) is 7.42. The van der Waals surface area contributed by atoms with Crippen LogP contribution in [0.1, 0.15) is 40.0 Å². The van der Waals surface area contributed by atoms with Crippen molar-refractivity contribution in [1.29, 1.82) is 0 Å². The number of amides is 2. The Hall–Kier alpha value is -0.770. The summed E-state index contributed by atoms with van der Waals surface area (Å²) < 4.78 is 11.7. The van der Waals surface area contributed by atoms with Crippen molar-refractivity contribution in [2.24, 2.45) is 11.8 Å². The lowest BCUT2D eigenvalue weighted by molar-refractivity contribution is -0.128. The summed E-state index contributed by atoms with van der Waals surface area (Å²) in [5.74, 6) is -0.213. The molecule has 124 valence electrons. The number of hydrogen-bond acceptors (Lipinski definition) is 4. The smallest absolute Gasteiger partial charge is 0.253 e. The maximum atomic E-state index is 11.8. The highest BCUT2D eigenvalue weighted by Crippen LogP contribution is 2.33. The monoisotopic (exact) mass is 327 g/mol. The van der Waals surface area contributed by atoms with Crippen LogP contribution in [0.3, 0.4) is 0 Å². The third-order valence-electron chi connectivity index (χ3n) is 4.41. The third kappa shape index (κ3) is 4.61. The molecule has 0 aliphatic carbocycles. The Kier molecular flexibility index (Phi) is 6.54. The van der Waals surface area contributed by atoms with Gasteiger partial charge in [0.2, 0.25) is 5.91 Å². The summed E-state index contributed by atoms with van der Waals surface area (Å²) in [7, 11) is 0.542. The number of imide groups is 1. The highest BCUT2D eigenvalue weighted by Gasteiger charge is 2.35. The largest absolute Gasteiger partial charge is 0.372 e. The zero-order chi connectivity index (χ0) is 16.1. The minimum Gasteiger partial charge on any atom is -0.372 e. The van der Waals surface area contributed by atoms with Crippen molar-refractivity contribution in [1.82, 2.24) is 5.32 Å². The molecule has 0 aromatic carbocycles. The normalized spacial score (nSPS) is 31.2. The lowest BCUT2D eigenvalue weighted by Gasteiger charge is -2.25. The van der Waals surface area contributed by atoms with Gasteiger partial charge in [0.05, 0.1) is 18.8 Å². The molecule has 0 saturated carbocycles. The molecule has 0 bridgehead atoms. The molecule has 2 aliphatic rings. The van der Waals surface area contributed by atoms with Crippen LogP contribution >= 0.6 is 8.81 Å². The quantitative estimate of drug-likeness (QED) is 0.462. The molecular weight excluding hydrogens is 301 g/mol. The molecular formula is C16H26NO4P. The first kappa shape index (κ1) is 17.6. The van der Waals surface area contributed by atoms with Crippen molar-refractivity contribution in [3.8, 4) is 0 Å². The first-order valence-electron chi connectivity index (χ1n) is 8.04. The van der Waals surface area contributed by atoms with Crippen LogP contribution in [0.25, 0.3) is 0 Å². The van der Waals surface area contributed by atoms with Crippen molar-refractivity contribution in [2.75, 3.05) is 12.8 Å². The lowest BCUT2D eigenvalue weighted by atomic mass is 9.84. The number of hydrogen-bond donors (Lipinski definition) is 1. The molecule has 0 aromatic heterocycles. The predicted octanol–water partition coefficient (Wildman–Crippen LogP) is 2.41. The van der Waals surface area contributed by atoms with E-state index in [1.165, 1.54) is 0 Å². The molecule has 5 unspecified atom stereocenters. The van der Waals surface area contributed by atoms with Gasteiger partial charge >= 0.3 is 0 Å². The minimum absolute atomic E-state index is 0.0497. The van der Waals surface area contributed by atoms with Crippen LogP contribution < -0.4 is 5.32 Å². The fourth-order valence-electron chi connectivity index (χ4n) is 3.06. The molecule has 2 rings (SSSR count). The third-order valence-corrected chi connectivity index (χ3v) is 5.07. The maximum Gasteiger partial charge on any atom is 0.253 e. The number of allylic oxidation sites excluding steroid dienone is 1. The summed E-state index contributed by atoms with van der Waals surface area (Å²) in [6.45, 7) is 6.63. The van der Waals surface area contributed by atoms with Crippen LogP contribution in [0.5, 0.6) is 0 Å². The van der Waals surface area contributed by atoms with Crippen LogP contribution in [0.15, 0.2) is 11.6 Å². The van der Waals surface area contributed by atoms with Crippen LogP contribution in [0, 0.1) is 11.8 Å². The molecule has 2 amide bonds. The predicted molar refractivity (Wildman–Crippen MR) is 86.9 cm³/mol. The molecule has 22 heavy (non-hydrogen) atoms. The van der Waals surface area contributed by atoms with E-state index in [-0.39, 0.29) is 35.9 Å². The Morgan fingerprint density at radius 1 is 1.45 bits per heavy atom. The summed E-state index contributed by atoms with van der Waals surface area (Å²) >= 11 is 0. The number of carbonyl (C=O) groups is 2.